The van der Waals surface area contributed by atoms with Crippen LogP contribution in [0, 0.1) is 5.92 Å². The van der Waals surface area contributed by atoms with E-state index in [1.54, 1.807) is 0 Å². The van der Waals surface area contributed by atoms with Crippen molar-refractivity contribution in [2.45, 2.75) is 38.0 Å². The molecule has 2 atom stereocenters. The third kappa shape index (κ3) is 2.71. The Labute approximate surface area is 87.3 Å². The van der Waals surface area contributed by atoms with E-state index in [4.69, 9.17) is 4.74 Å². The van der Waals surface area contributed by atoms with E-state index in [2.05, 4.69) is 31.8 Å². The first kappa shape index (κ1) is 11.5. The smallest absolute Gasteiger partial charge is 0.308 e. The summed E-state index contributed by atoms with van der Waals surface area (Å²) in [6.45, 7) is 7.05. The number of esters is 1. The van der Waals surface area contributed by atoms with Crippen molar-refractivity contribution in [1.29, 1.82) is 0 Å². The van der Waals surface area contributed by atoms with Gasteiger partial charge in [-0.1, -0.05) is 31.8 Å². The summed E-state index contributed by atoms with van der Waals surface area (Å²) in [5.41, 5.74) is 0.625. The fraction of sp³-hybridized carbons (Fsp3) is 0.727. The van der Waals surface area contributed by atoms with E-state index < -0.39 is 8.07 Å². The number of ether oxygens (including phenoxy) is 1. The summed E-state index contributed by atoms with van der Waals surface area (Å²) in [5, 5.41) is 0. The van der Waals surface area contributed by atoms with Crippen molar-refractivity contribution in [2.75, 3.05) is 7.11 Å². The van der Waals surface area contributed by atoms with E-state index in [0.717, 1.165) is 12.8 Å². The highest BCUT2D eigenvalue weighted by molar-refractivity contribution is 6.78. The molecule has 0 aromatic rings. The number of carbonyl (C=O) groups is 1. The Bertz CT molecular complexity index is 240. The van der Waals surface area contributed by atoms with Gasteiger partial charge in [-0.25, -0.2) is 0 Å². The molecule has 0 N–H and O–H groups in total. The lowest BCUT2D eigenvalue weighted by molar-refractivity contribution is -0.145. The minimum atomic E-state index is -1.15. The van der Waals surface area contributed by atoms with E-state index >= 15 is 0 Å². The summed E-state index contributed by atoms with van der Waals surface area (Å²) in [6, 6.07) is 0. The van der Waals surface area contributed by atoms with Gasteiger partial charge in [0.2, 0.25) is 0 Å². The Morgan fingerprint density at radius 3 is 2.57 bits per heavy atom. The van der Waals surface area contributed by atoms with Gasteiger partial charge in [0.05, 0.1) is 21.1 Å². The first-order valence-electron chi connectivity index (χ1n) is 5.19. The second-order valence-corrected chi connectivity index (χ2v) is 10.6. The molecule has 14 heavy (non-hydrogen) atoms. The highest BCUT2D eigenvalue weighted by Gasteiger charge is 2.32. The van der Waals surface area contributed by atoms with Crippen molar-refractivity contribution in [3.63, 3.8) is 0 Å². The SMILES string of the molecule is COC(=O)[C@@H]1CC=C[C@H]([Si](C)(C)C)C1. The van der Waals surface area contributed by atoms with E-state index in [9.17, 15) is 4.79 Å². The van der Waals surface area contributed by atoms with E-state index in [1.165, 1.54) is 7.11 Å². The molecule has 0 saturated heterocycles. The summed E-state index contributed by atoms with van der Waals surface area (Å²) < 4.78 is 4.79. The molecule has 1 rings (SSSR count). The molecule has 80 valence electrons. The minimum absolute atomic E-state index is 0.0439. The van der Waals surface area contributed by atoms with Crippen molar-refractivity contribution in [3.05, 3.63) is 12.2 Å². The molecule has 0 radical (unpaired) electrons. The van der Waals surface area contributed by atoms with Crippen LogP contribution in [0.5, 0.6) is 0 Å². The summed E-state index contributed by atoms with van der Waals surface area (Å²) in [4.78, 5) is 11.4. The number of allylic oxidation sites excluding steroid dienone is 2. The van der Waals surface area contributed by atoms with Crippen LogP contribution in [-0.2, 0) is 9.53 Å². The topological polar surface area (TPSA) is 26.3 Å². The van der Waals surface area contributed by atoms with Crippen LogP contribution in [0.2, 0.25) is 25.2 Å². The zero-order valence-electron chi connectivity index (χ0n) is 9.54. The molecule has 0 spiro atoms. The molecule has 0 amide bonds. The van der Waals surface area contributed by atoms with Crippen LogP contribution in [0.3, 0.4) is 0 Å². The van der Waals surface area contributed by atoms with Gasteiger partial charge in [0, 0.05) is 0 Å². The molecule has 0 bridgehead atoms. The van der Waals surface area contributed by atoms with Crippen molar-refractivity contribution in [1.82, 2.24) is 0 Å². The number of carbonyl (C=O) groups excluding carboxylic acids is 1. The van der Waals surface area contributed by atoms with Gasteiger partial charge in [-0.05, 0) is 18.4 Å². The molecule has 1 aliphatic rings. The highest BCUT2D eigenvalue weighted by atomic mass is 28.3. The van der Waals surface area contributed by atoms with Crippen LogP contribution >= 0.6 is 0 Å². The number of methoxy groups -OCH3 is 1. The Morgan fingerprint density at radius 1 is 1.43 bits per heavy atom. The minimum Gasteiger partial charge on any atom is -0.469 e. The van der Waals surface area contributed by atoms with Gasteiger partial charge in [-0.3, -0.25) is 4.79 Å². The van der Waals surface area contributed by atoms with Crippen molar-refractivity contribution >= 4 is 14.0 Å². The molecular formula is C11H20O2Si. The predicted octanol–water partition coefficient (Wildman–Crippen LogP) is 2.83. The Balaban J connectivity index is 2.65. The summed E-state index contributed by atoms with van der Waals surface area (Å²) in [5.74, 6) is 0.0549. The van der Waals surface area contributed by atoms with Crippen LogP contribution in [0.1, 0.15) is 12.8 Å². The van der Waals surface area contributed by atoms with Gasteiger partial charge in [-0.15, -0.1) is 0 Å². The van der Waals surface area contributed by atoms with Crippen LogP contribution in [0.15, 0.2) is 12.2 Å². The molecule has 1 aliphatic carbocycles. The summed E-state index contributed by atoms with van der Waals surface area (Å²) in [6.07, 6.45) is 6.28. The second-order valence-electron chi connectivity index (χ2n) is 5.09. The van der Waals surface area contributed by atoms with Gasteiger partial charge in [-0.2, -0.15) is 0 Å². The summed E-state index contributed by atoms with van der Waals surface area (Å²) >= 11 is 0. The largest absolute Gasteiger partial charge is 0.469 e. The third-order valence-electron chi connectivity index (χ3n) is 2.97. The highest BCUT2D eigenvalue weighted by Crippen LogP contribution is 2.35. The Morgan fingerprint density at radius 2 is 2.07 bits per heavy atom. The molecule has 0 aliphatic heterocycles. The standard InChI is InChI=1S/C11H20O2Si/c1-13-11(12)9-6-5-7-10(8-9)14(2,3)4/h5,7,9-10H,6,8H2,1-4H3/t9-,10+/m1/s1. The lowest BCUT2D eigenvalue weighted by Crippen LogP contribution is -2.32. The Kier molecular flexibility index (Phi) is 3.53. The number of hydrogen-bond donors (Lipinski definition) is 0. The molecule has 0 heterocycles. The first-order valence-corrected chi connectivity index (χ1v) is 8.77. The van der Waals surface area contributed by atoms with Crippen LogP contribution in [-0.4, -0.2) is 21.2 Å². The van der Waals surface area contributed by atoms with E-state index in [0.29, 0.717) is 5.54 Å². The molecule has 0 aromatic heterocycles. The molecule has 0 unspecified atom stereocenters. The normalized spacial score (nSPS) is 27.4. The number of rotatable bonds is 2. The van der Waals surface area contributed by atoms with Crippen molar-refractivity contribution in [2.24, 2.45) is 5.92 Å². The van der Waals surface area contributed by atoms with Crippen molar-refractivity contribution in [3.8, 4) is 0 Å². The predicted molar refractivity (Wildman–Crippen MR) is 61.0 cm³/mol. The van der Waals surface area contributed by atoms with Crippen LogP contribution in [0.25, 0.3) is 0 Å². The lowest BCUT2D eigenvalue weighted by Gasteiger charge is -2.31. The maximum absolute atomic E-state index is 11.4. The zero-order chi connectivity index (χ0) is 10.8. The maximum atomic E-state index is 11.4. The zero-order valence-corrected chi connectivity index (χ0v) is 10.5. The fourth-order valence-electron chi connectivity index (χ4n) is 1.89. The fourth-order valence-corrected chi connectivity index (χ4v) is 3.59. The average Bonchev–Trinajstić information content (AvgIpc) is 2.15. The summed E-state index contributed by atoms with van der Waals surface area (Å²) in [7, 11) is 0.325. The van der Waals surface area contributed by atoms with Gasteiger partial charge in [0.25, 0.3) is 0 Å². The van der Waals surface area contributed by atoms with Gasteiger partial charge >= 0.3 is 5.97 Å². The molecule has 3 heteroatoms. The second kappa shape index (κ2) is 4.30. The van der Waals surface area contributed by atoms with Gasteiger partial charge in [0.1, 0.15) is 0 Å². The molecule has 2 nitrogen and oxygen atoms in total. The Hall–Kier alpha value is -0.573. The van der Waals surface area contributed by atoms with E-state index in [1.807, 2.05) is 0 Å². The molecule has 0 fully saturated rings. The number of hydrogen-bond acceptors (Lipinski definition) is 2. The lowest BCUT2D eigenvalue weighted by atomic mass is 9.94. The van der Waals surface area contributed by atoms with Gasteiger partial charge in [0.15, 0.2) is 0 Å². The molecule has 0 saturated carbocycles. The van der Waals surface area contributed by atoms with Crippen molar-refractivity contribution < 1.29 is 9.53 Å². The third-order valence-corrected chi connectivity index (χ3v) is 5.63. The van der Waals surface area contributed by atoms with Crippen LogP contribution < -0.4 is 0 Å². The molecular weight excluding hydrogens is 192 g/mol. The maximum Gasteiger partial charge on any atom is 0.308 e. The first-order chi connectivity index (χ1) is 6.45. The monoisotopic (exact) mass is 212 g/mol. The quantitative estimate of drug-likeness (QED) is 0.400. The van der Waals surface area contributed by atoms with Crippen LogP contribution in [0.4, 0.5) is 0 Å². The molecule has 0 aromatic carbocycles. The van der Waals surface area contributed by atoms with E-state index in [-0.39, 0.29) is 11.9 Å². The van der Waals surface area contributed by atoms with Gasteiger partial charge < -0.3 is 4.74 Å². The average molecular weight is 212 g/mol.